The van der Waals surface area contributed by atoms with Gasteiger partial charge in [0, 0.05) is 13.1 Å². The summed E-state index contributed by atoms with van der Waals surface area (Å²) in [5.74, 6) is -1.59. The molecule has 0 spiro atoms. The Kier molecular flexibility index (Phi) is 19.8. The Balaban J connectivity index is 0.00000423. The highest BCUT2D eigenvalue weighted by Gasteiger charge is 2.41. The minimum atomic E-state index is -0.986. The third kappa shape index (κ3) is 12.9. The number of hydrogen-bond acceptors (Lipinski definition) is 8. The predicted octanol–water partition coefficient (Wildman–Crippen LogP) is 6.22. The van der Waals surface area contributed by atoms with E-state index in [1.54, 1.807) is 37.7 Å². The van der Waals surface area contributed by atoms with Crippen LogP contribution in [0.4, 0.5) is 0 Å². The van der Waals surface area contributed by atoms with E-state index in [9.17, 15) is 28.8 Å². The molecule has 2 heterocycles. The van der Waals surface area contributed by atoms with Crippen LogP contribution in [0.2, 0.25) is 0 Å². The molecule has 0 radical (unpaired) electrons. The average molecular weight is 1020 g/mol. The summed E-state index contributed by atoms with van der Waals surface area (Å²) in [6, 6.07) is 27.3. The van der Waals surface area contributed by atoms with Crippen LogP contribution in [0, 0.1) is 0 Å². The van der Waals surface area contributed by atoms with Crippen LogP contribution in [0.5, 0.6) is 0 Å². The number of carbonyl (C=O) groups excluding carboxylic acids is 6. The second-order valence-electron chi connectivity index (χ2n) is 19.6. The monoisotopic (exact) mass is 1020 g/mol. The summed E-state index contributed by atoms with van der Waals surface area (Å²) in [4.78, 5) is 86.7. The quantitative estimate of drug-likeness (QED) is 0.0722. The number of nitrogens with zero attached hydrogens (tertiary/aromatic N) is 2. The molecule has 16 heteroatoms. The number of halogens is 2. The summed E-state index contributed by atoms with van der Waals surface area (Å²) < 4.78 is 0. The lowest BCUT2D eigenvalue weighted by Gasteiger charge is -2.32. The van der Waals surface area contributed by atoms with E-state index in [0.717, 1.165) is 60.8 Å². The van der Waals surface area contributed by atoms with Crippen molar-refractivity contribution in [1.29, 1.82) is 0 Å². The Morgan fingerprint density at radius 3 is 1.26 bits per heavy atom. The topological polar surface area (TPSA) is 181 Å². The van der Waals surface area contributed by atoms with E-state index in [1.165, 1.54) is 11.1 Å². The van der Waals surface area contributed by atoms with Crippen molar-refractivity contribution in [3.8, 4) is 0 Å². The van der Waals surface area contributed by atoms with Gasteiger partial charge in [0.25, 0.3) is 0 Å². The highest BCUT2D eigenvalue weighted by atomic mass is 35.5. The molecule has 3 unspecified atom stereocenters. The highest BCUT2D eigenvalue weighted by molar-refractivity contribution is 5.95. The lowest BCUT2D eigenvalue weighted by molar-refractivity contribution is -0.142. The largest absolute Gasteiger partial charge is 0.347 e. The van der Waals surface area contributed by atoms with Crippen LogP contribution in [0.15, 0.2) is 97.1 Å². The molecule has 2 aliphatic heterocycles. The molecule has 6 amide bonds. The molecular weight excluding hydrogens is 952 g/mol. The molecule has 2 aliphatic carbocycles. The van der Waals surface area contributed by atoms with Crippen LogP contribution in [0.3, 0.4) is 0 Å². The lowest BCUT2D eigenvalue weighted by atomic mass is 9.87. The van der Waals surface area contributed by atoms with Crippen molar-refractivity contribution >= 4 is 60.3 Å². The molecule has 8 rings (SSSR count). The zero-order valence-electron chi connectivity index (χ0n) is 41.9. The number of carbonyl (C=O) groups is 6. The van der Waals surface area contributed by atoms with Crippen LogP contribution >= 0.6 is 24.8 Å². The first-order valence-electron chi connectivity index (χ1n) is 25.4. The van der Waals surface area contributed by atoms with Crippen molar-refractivity contribution in [1.82, 2.24) is 41.7 Å². The third-order valence-electron chi connectivity index (χ3n) is 15.1. The number of amides is 6. The maximum Gasteiger partial charge on any atom is 0.250 e. The summed E-state index contributed by atoms with van der Waals surface area (Å²) in [5, 5.41) is 18.4. The number of likely N-dealkylation sites (tertiary alicyclic amines) is 2. The minimum absolute atomic E-state index is 0. The Hall–Kier alpha value is -5.80. The van der Waals surface area contributed by atoms with Gasteiger partial charge in [-0.1, -0.05) is 97.1 Å². The summed E-state index contributed by atoms with van der Waals surface area (Å²) >= 11 is 0. The number of nitrogens with one attached hydrogen (secondary N) is 6. The number of likely N-dealkylation sites (N-methyl/N-ethyl adjacent to an activating group) is 2. The Bertz CT molecular complexity index is 2350. The average Bonchev–Trinajstić information content (AvgIpc) is 4.10. The maximum atomic E-state index is 14.5. The van der Waals surface area contributed by atoms with Gasteiger partial charge in [0.15, 0.2) is 0 Å². The molecule has 14 nitrogen and oxygen atoms in total. The zero-order valence-corrected chi connectivity index (χ0v) is 43.5. The van der Waals surface area contributed by atoms with E-state index in [0.29, 0.717) is 62.7 Å². The van der Waals surface area contributed by atoms with E-state index in [4.69, 9.17) is 0 Å². The first kappa shape index (κ1) is 55.5. The van der Waals surface area contributed by atoms with Gasteiger partial charge in [-0.05, 0) is 150 Å². The molecule has 0 bridgehead atoms. The third-order valence-corrected chi connectivity index (χ3v) is 15.1. The van der Waals surface area contributed by atoms with Crippen LogP contribution in [-0.2, 0) is 54.5 Å². The number of benzene rings is 4. The molecule has 72 heavy (non-hydrogen) atoms. The van der Waals surface area contributed by atoms with Crippen molar-refractivity contribution < 1.29 is 28.8 Å². The lowest BCUT2D eigenvalue weighted by Crippen LogP contribution is -2.52. The second-order valence-corrected chi connectivity index (χ2v) is 19.6. The number of hydrogen-bond donors (Lipinski definition) is 6. The number of fused-ring (bicyclic) bond motifs is 2. The fraction of sp³-hybridized carbons (Fsp3) is 0.464. The van der Waals surface area contributed by atoms with E-state index < -0.39 is 36.3 Å². The minimum Gasteiger partial charge on any atom is -0.347 e. The van der Waals surface area contributed by atoms with Gasteiger partial charge in [-0.2, -0.15) is 0 Å². The molecule has 4 aliphatic rings. The highest BCUT2D eigenvalue weighted by Crippen LogP contribution is 2.33. The molecule has 6 N–H and O–H groups in total. The normalized spacial score (nSPS) is 20.7. The fourth-order valence-electron chi connectivity index (χ4n) is 10.7. The Morgan fingerprint density at radius 2 is 0.889 bits per heavy atom. The molecule has 4 aromatic carbocycles. The number of rotatable bonds is 17. The molecule has 2 fully saturated rings. The molecule has 0 saturated carbocycles. The van der Waals surface area contributed by atoms with Crippen LogP contribution in [-0.4, -0.2) is 96.6 Å². The van der Waals surface area contributed by atoms with Gasteiger partial charge in [-0.25, -0.2) is 0 Å². The molecule has 2 saturated heterocycles. The van der Waals surface area contributed by atoms with Crippen molar-refractivity contribution in [3.63, 3.8) is 0 Å². The SMILES string of the molecule is CN[C@@H](C)C(=O)NC(C(=O)N1CCC[C@H]1C(=O)NC1CCCc2ccccc21)c1ccc(CCc2ccc([C@H](NC(=O)[C@H](C)NC)C(=O)N3CCC[C@H]3C(=O)NC3CCCc4ccccc43)cc2)cc1.Cl.Cl. The molecular formula is C56H72Cl2N8O6. The predicted molar refractivity (Wildman–Crippen MR) is 284 cm³/mol. The number of aryl methyl sites for hydroxylation is 4. The Morgan fingerprint density at radius 1 is 0.514 bits per heavy atom. The van der Waals surface area contributed by atoms with Crippen LogP contribution < -0.4 is 31.9 Å². The molecule has 4 aromatic rings. The van der Waals surface area contributed by atoms with Gasteiger partial charge in [0.05, 0.1) is 24.2 Å². The van der Waals surface area contributed by atoms with Gasteiger partial charge in [0.1, 0.15) is 24.2 Å². The zero-order chi connectivity index (χ0) is 49.3. The van der Waals surface area contributed by atoms with Crippen molar-refractivity contribution in [2.75, 3.05) is 27.2 Å². The smallest absolute Gasteiger partial charge is 0.250 e. The van der Waals surface area contributed by atoms with Crippen molar-refractivity contribution in [2.45, 2.75) is 139 Å². The van der Waals surface area contributed by atoms with Gasteiger partial charge < -0.3 is 41.7 Å². The van der Waals surface area contributed by atoms with Gasteiger partial charge in [-0.15, -0.1) is 24.8 Å². The van der Waals surface area contributed by atoms with Crippen LogP contribution in [0.1, 0.15) is 134 Å². The van der Waals surface area contributed by atoms with Gasteiger partial charge >= 0.3 is 0 Å². The van der Waals surface area contributed by atoms with Crippen LogP contribution in [0.25, 0.3) is 0 Å². The molecule has 0 aromatic heterocycles. The fourth-order valence-corrected chi connectivity index (χ4v) is 10.7. The maximum absolute atomic E-state index is 14.5. The van der Waals surface area contributed by atoms with Crippen molar-refractivity contribution in [2.24, 2.45) is 0 Å². The molecule has 8 atom stereocenters. The van der Waals surface area contributed by atoms with Crippen molar-refractivity contribution in [3.05, 3.63) is 142 Å². The summed E-state index contributed by atoms with van der Waals surface area (Å²) in [6.07, 6.45) is 9.45. The van der Waals surface area contributed by atoms with E-state index >= 15 is 0 Å². The molecule has 386 valence electrons. The van der Waals surface area contributed by atoms with E-state index in [1.807, 2.05) is 72.8 Å². The van der Waals surface area contributed by atoms with Gasteiger partial charge in [0.2, 0.25) is 35.4 Å². The van der Waals surface area contributed by atoms with E-state index in [-0.39, 0.29) is 72.3 Å². The summed E-state index contributed by atoms with van der Waals surface area (Å²) in [7, 11) is 3.39. The van der Waals surface area contributed by atoms with E-state index in [2.05, 4.69) is 56.2 Å². The summed E-state index contributed by atoms with van der Waals surface area (Å²) in [5.41, 5.74) is 8.08. The standard InChI is InChI=1S/C56H70N8O6.2ClH/c1-35(57-3)51(65)61-49(55(69)63-33-11-21-47(63)53(67)59-45-19-9-15-39-13-5-7-17-43(39)45)41-29-25-37(26-30-41)23-24-38-27-31-42(32-28-38)50(62-52(66)36(2)58-4)56(70)64-34-12-22-48(64)54(68)60-46-20-10-16-40-14-6-8-18-44(40)46;;/h5-8,13-14,17-18,25-32,35-36,45-50,57-58H,9-12,15-16,19-24,33-34H2,1-4H3,(H,59,67)(H,60,68)(H,61,65)(H,62,66);2*1H/t35-,36-,45?,46?,47-,48-,49-,50?;;/m0../s1. The summed E-state index contributed by atoms with van der Waals surface area (Å²) in [6.45, 7) is 4.32. The van der Waals surface area contributed by atoms with Gasteiger partial charge in [-0.3, -0.25) is 28.8 Å². The Labute approximate surface area is 436 Å². The first-order chi connectivity index (χ1) is 33.9. The second kappa shape index (κ2) is 25.7. The first-order valence-corrected chi connectivity index (χ1v) is 25.4.